The van der Waals surface area contributed by atoms with Crippen molar-refractivity contribution in [3.8, 4) is 11.5 Å². The Kier molecular flexibility index (Phi) is 8.53. The minimum absolute atomic E-state index is 0. The highest BCUT2D eigenvalue weighted by molar-refractivity contribution is 14.0. The summed E-state index contributed by atoms with van der Waals surface area (Å²) in [5, 5.41) is 6.68. The number of rotatable bonds is 7. The van der Waals surface area contributed by atoms with E-state index in [0.29, 0.717) is 6.79 Å². The second kappa shape index (κ2) is 10.9. The summed E-state index contributed by atoms with van der Waals surface area (Å²) in [6.45, 7) is 4.82. The highest BCUT2D eigenvalue weighted by atomic mass is 127. The number of ether oxygens (including phenoxy) is 2. The van der Waals surface area contributed by atoms with Crippen molar-refractivity contribution in [2.45, 2.75) is 19.8 Å². The standard InChI is InChI=1S/C20H25N3O2.HI/c1-2-21-20(22-12-10-16-6-4-3-5-7-16)23-13-11-17-8-9-18-19(14-17)25-15-24-18;/h3-9,14H,2,10-13,15H2,1H3,(H2,21,22,23);1H. The van der Waals surface area contributed by atoms with E-state index in [1.165, 1.54) is 11.1 Å². The van der Waals surface area contributed by atoms with Gasteiger partial charge in [0.05, 0.1) is 0 Å². The highest BCUT2D eigenvalue weighted by Crippen LogP contribution is 2.32. The normalized spacial score (nSPS) is 12.4. The molecule has 0 aliphatic carbocycles. The Balaban J connectivity index is 0.00000243. The van der Waals surface area contributed by atoms with E-state index in [1.54, 1.807) is 0 Å². The van der Waals surface area contributed by atoms with Crippen LogP contribution < -0.4 is 20.1 Å². The Bertz CT molecular complexity index is 707. The van der Waals surface area contributed by atoms with Gasteiger partial charge in [-0.3, -0.25) is 4.99 Å². The molecule has 0 amide bonds. The van der Waals surface area contributed by atoms with Crippen LogP contribution in [0.15, 0.2) is 53.5 Å². The monoisotopic (exact) mass is 467 g/mol. The topological polar surface area (TPSA) is 54.9 Å². The average molecular weight is 467 g/mol. The van der Waals surface area contributed by atoms with Crippen molar-refractivity contribution in [3.05, 3.63) is 59.7 Å². The van der Waals surface area contributed by atoms with E-state index in [2.05, 4.69) is 52.9 Å². The van der Waals surface area contributed by atoms with Crippen LogP contribution in [0.5, 0.6) is 11.5 Å². The first-order valence-electron chi connectivity index (χ1n) is 8.80. The second-order valence-corrected chi connectivity index (χ2v) is 5.86. The Hall–Kier alpha value is -1.96. The van der Waals surface area contributed by atoms with Crippen LogP contribution in [0.2, 0.25) is 0 Å². The molecule has 140 valence electrons. The third-order valence-corrected chi connectivity index (χ3v) is 4.00. The number of fused-ring (bicyclic) bond motifs is 1. The Morgan fingerprint density at radius 1 is 0.962 bits per heavy atom. The number of nitrogens with one attached hydrogen (secondary N) is 2. The van der Waals surface area contributed by atoms with Crippen molar-refractivity contribution in [2.24, 2.45) is 4.99 Å². The molecule has 0 unspecified atom stereocenters. The van der Waals surface area contributed by atoms with E-state index in [9.17, 15) is 0 Å². The van der Waals surface area contributed by atoms with Crippen LogP contribution in [0.4, 0.5) is 0 Å². The molecule has 26 heavy (non-hydrogen) atoms. The summed E-state index contributed by atoms with van der Waals surface area (Å²) in [6, 6.07) is 16.5. The lowest BCUT2D eigenvalue weighted by atomic mass is 10.1. The molecule has 0 fully saturated rings. The molecule has 1 aliphatic rings. The zero-order chi connectivity index (χ0) is 17.3. The Morgan fingerprint density at radius 3 is 2.58 bits per heavy atom. The van der Waals surface area contributed by atoms with Crippen LogP contribution in [-0.4, -0.2) is 32.4 Å². The van der Waals surface area contributed by atoms with Gasteiger partial charge in [-0.25, -0.2) is 0 Å². The summed E-state index contributed by atoms with van der Waals surface area (Å²) < 4.78 is 10.8. The van der Waals surface area contributed by atoms with Gasteiger partial charge >= 0.3 is 0 Å². The molecule has 1 aliphatic heterocycles. The van der Waals surface area contributed by atoms with Crippen molar-refractivity contribution in [1.82, 2.24) is 10.6 Å². The Morgan fingerprint density at radius 2 is 1.77 bits per heavy atom. The summed E-state index contributed by atoms with van der Waals surface area (Å²) in [6.07, 6.45) is 1.85. The predicted octanol–water partition coefficient (Wildman–Crippen LogP) is 3.37. The van der Waals surface area contributed by atoms with Crippen LogP contribution in [0, 0.1) is 0 Å². The minimum Gasteiger partial charge on any atom is -0.454 e. The van der Waals surface area contributed by atoms with E-state index in [1.807, 2.05) is 18.2 Å². The molecular weight excluding hydrogens is 441 g/mol. The van der Waals surface area contributed by atoms with Gasteiger partial charge in [-0.2, -0.15) is 0 Å². The van der Waals surface area contributed by atoms with E-state index in [0.717, 1.165) is 49.9 Å². The van der Waals surface area contributed by atoms with E-state index in [4.69, 9.17) is 9.47 Å². The van der Waals surface area contributed by atoms with Crippen LogP contribution in [0.1, 0.15) is 18.1 Å². The maximum absolute atomic E-state index is 5.42. The number of hydrogen-bond donors (Lipinski definition) is 2. The molecule has 0 radical (unpaired) electrons. The van der Waals surface area contributed by atoms with Crippen molar-refractivity contribution in [3.63, 3.8) is 0 Å². The number of guanidine groups is 1. The quantitative estimate of drug-likeness (QED) is 0.373. The third-order valence-electron chi connectivity index (χ3n) is 4.00. The molecule has 1 heterocycles. The number of nitrogens with zero attached hydrogens (tertiary/aromatic N) is 1. The van der Waals surface area contributed by atoms with Gasteiger partial charge in [0.2, 0.25) is 6.79 Å². The Labute approximate surface area is 172 Å². The zero-order valence-corrected chi connectivity index (χ0v) is 17.4. The SMILES string of the molecule is CCNC(=NCCc1ccccc1)NCCc1ccc2c(c1)OCO2.I. The molecule has 2 aromatic rings. The summed E-state index contributed by atoms with van der Waals surface area (Å²) in [5.41, 5.74) is 2.53. The fourth-order valence-electron chi connectivity index (χ4n) is 2.70. The molecule has 2 aromatic carbocycles. The molecular formula is C20H26IN3O2. The smallest absolute Gasteiger partial charge is 0.231 e. The molecule has 6 heteroatoms. The lowest BCUT2D eigenvalue weighted by molar-refractivity contribution is 0.174. The number of benzene rings is 2. The minimum atomic E-state index is 0. The first-order valence-corrected chi connectivity index (χ1v) is 8.80. The number of hydrogen-bond acceptors (Lipinski definition) is 3. The van der Waals surface area contributed by atoms with E-state index >= 15 is 0 Å². The summed E-state index contributed by atoms with van der Waals surface area (Å²) in [4.78, 5) is 4.65. The second-order valence-electron chi connectivity index (χ2n) is 5.86. The summed E-state index contributed by atoms with van der Waals surface area (Å²) in [5.74, 6) is 2.52. The van der Waals surface area contributed by atoms with Gasteiger partial charge in [-0.1, -0.05) is 36.4 Å². The molecule has 0 spiro atoms. The van der Waals surface area contributed by atoms with Crippen molar-refractivity contribution in [2.75, 3.05) is 26.4 Å². The van der Waals surface area contributed by atoms with Gasteiger partial charge in [0.25, 0.3) is 0 Å². The first kappa shape index (κ1) is 20.4. The number of halogens is 1. The maximum atomic E-state index is 5.42. The van der Waals surface area contributed by atoms with Gasteiger partial charge in [-0.15, -0.1) is 24.0 Å². The molecule has 0 bridgehead atoms. The molecule has 2 N–H and O–H groups in total. The van der Waals surface area contributed by atoms with Gasteiger partial charge in [0, 0.05) is 19.6 Å². The predicted molar refractivity (Wildman–Crippen MR) is 116 cm³/mol. The van der Waals surface area contributed by atoms with Crippen molar-refractivity contribution >= 4 is 29.9 Å². The van der Waals surface area contributed by atoms with Gasteiger partial charge < -0.3 is 20.1 Å². The van der Waals surface area contributed by atoms with Gasteiger partial charge in [0.15, 0.2) is 17.5 Å². The molecule has 0 atom stereocenters. The lowest BCUT2D eigenvalue weighted by Gasteiger charge is -2.11. The van der Waals surface area contributed by atoms with Gasteiger partial charge in [-0.05, 0) is 43.0 Å². The average Bonchev–Trinajstić information content (AvgIpc) is 3.10. The molecule has 5 nitrogen and oxygen atoms in total. The van der Waals surface area contributed by atoms with Crippen LogP contribution in [0.3, 0.4) is 0 Å². The van der Waals surface area contributed by atoms with Gasteiger partial charge in [0.1, 0.15) is 0 Å². The van der Waals surface area contributed by atoms with E-state index in [-0.39, 0.29) is 24.0 Å². The molecule has 0 aromatic heterocycles. The van der Waals surface area contributed by atoms with Crippen molar-refractivity contribution in [1.29, 1.82) is 0 Å². The highest BCUT2D eigenvalue weighted by Gasteiger charge is 2.12. The lowest BCUT2D eigenvalue weighted by Crippen LogP contribution is -2.38. The third kappa shape index (κ3) is 6.09. The van der Waals surface area contributed by atoms with E-state index < -0.39 is 0 Å². The number of aliphatic imine (C=N–C) groups is 1. The summed E-state index contributed by atoms with van der Waals surface area (Å²) in [7, 11) is 0. The zero-order valence-electron chi connectivity index (χ0n) is 15.0. The summed E-state index contributed by atoms with van der Waals surface area (Å²) >= 11 is 0. The van der Waals surface area contributed by atoms with Crippen molar-refractivity contribution < 1.29 is 9.47 Å². The molecule has 3 rings (SSSR count). The molecule has 0 saturated carbocycles. The largest absolute Gasteiger partial charge is 0.454 e. The first-order chi connectivity index (χ1) is 12.3. The molecule has 0 saturated heterocycles. The van der Waals surface area contributed by atoms with Crippen LogP contribution in [0.25, 0.3) is 0 Å². The maximum Gasteiger partial charge on any atom is 0.231 e. The van der Waals surface area contributed by atoms with Crippen LogP contribution in [-0.2, 0) is 12.8 Å². The fourth-order valence-corrected chi connectivity index (χ4v) is 2.70. The van der Waals surface area contributed by atoms with Crippen LogP contribution >= 0.6 is 24.0 Å². The fraction of sp³-hybridized carbons (Fsp3) is 0.350.